The maximum absolute atomic E-state index is 11.5. The average Bonchev–Trinajstić information content (AvgIpc) is 1.94. The van der Waals surface area contributed by atoms with Gasteiger partial charge in [-0.15, -0.1) is 0 Å². The Morgan fingerprint density at radius 1 is 0.938 bits per heavy atom. The molecule has 2 N–H and O–H groups in total. The van der Waals surface area contributed by atoms with Gasteiger partial charge in [0.1, 0.15) is 0 Å². The third kappa shape index (κ3) is 1.41. The normalized spacial score (nSPS) is 32.3. The Labute approximate surface area is 96.9 Å². The van der Waals surface area contributed by atoms with Crippen LogP contribution in [0.4, 0.5) is 0 Å². The molecule has 0 aromatic heterocycles. The molecule has 0 spiro atoms. The van der Waals surface area contributed by atoms with Gasteiger partial charge in [0, 0.05) is 0 Å². The average molecular weight is 226 g/mol. The molecule has 0 unspecified atom stereocenters. The second-order valence-corrected chi connectivity index (χ2v) is 7.45. The summed E-state index contributed by atoms with van der Waals surface area (Å²) in [6.45, 7) is 8.31. The lowest BCUT2D eigenvalue weighted by molar-refractivity contribution is -0.251. The van der Waals surface area contributed by atoms with E-state index in [0.29, 0.717) is 25.7 Å². The molecule has 0 atom stereocenters. The molecule has 0 radical (unpaired) electrons. The summed E-state index contributed by atoms with van der Waals surface area (Å²) in [5, 5.41) is 20.0. The van der Waals surface area contributed by atoms with E-state index in [4.69, 9.17) is 0 Å². The quantitative estimate of drug-likeness (QED) is 0.760. The zero-order valence-electron chi connectivity index (χ0n) is 10.6. The van der Waals surface area contributed by atoms with E-state index in [1.165, 1.54) is 0 Å². The van der Waals surface area contributed by atoms with Crippen LogP contribution in [0.25, 0.3) is 0 Å². The first-order chi connectivity index (χ1) is 7.02. The van der Waals surface area contributed by atoms with Crippen LogP contribution >= 0.6 is 0 Å². The summed E-state index contributed by atoms with van der Waals surface area (Å²) >= 11 is 0. The maximum atomic E-state index is 11.5. The third-order valence-corrected chi connectivity index (χ3v) is 4.40. The predicted octanol–water partition coefficient (Wildman–Crippen LogP) is 2.43. The van der Waals surface area contributed by atoms with Crippen molar-refractivity contribution in [3.05, 3.63) is 0 Å². The van der Waals surface area contributed by atoms with Gasteiger partial charge in [0.2, 0.25) is 0 Å². The van der Waals surface area contributed by atoms with Crippen molar-refractivity contribution in [3.63, 3.8) is 0 Å². The van der Waals surface area contributed by atoms with Crippen molar-refractivity contribution in [3.8, 4) is 0 Å². The molecule has 0 aliphatic heterocycles. The second kappa shape index (κ2) is 2.81. The van der Waals surface area contributed by atoms with E-state index >= 15 is 0 Å². The fraction of sp³-hybridized carbons (Fsp3) is 0.923. The van der Waals surface area contributed by atoms with E-state index in [0.717, 1.165) is 0 Å². The van der Waals surface area contributed by atoms with Crippen molar-refractivity contribution in [2.75, 3.05) is 0 Å². The smallest absolute Gasteiger partial charge is 0.312 e. The van der Waals surface area contributed by atoms with E-state index in [1.807, 2.05) is 0 Å². The van der Waals surface area contributed by atoms with Gasteiger partial charge in [0.25, 0.3) is 0 Å². The summed E-state index contributed by atoms with van der Waals surface area (Å²) in [6, 6.07) is 0. The van der Waals surface area contributed by atoms with Crippen LogP contribution < -0.4 is 0 Å². The SMILES string of the molecule is CC1(C)CC(O)(C2(C(=O)O)CC(C)(C)C2)C1. The van der Waals surface area contributed by atoms with Crippen LogP contribution in [0.2, 0.25) is 0 Å². The molecule has 3 nitrogen and oxygen atoms in total. The molecule has 2 saturated carbocycles. The predicted molar refractivity (Wildman–Crippen MR) is 61.0 cm³/mol. The van der Waals surface area contributed by atoms with Crippen LogP contribution in [0, 0.1) is 16.2 Å². The largest absolute Gasteiger partial charge is 0.481 e. The van der Waals surface area contributed by atoms with Crippen LogP contribution in [0.15, 0.2) is 0 Å². The molecule has 2 aliphatic carbocycles. The highest BCUT2D eigenvalue weighted by Crippen LogP contribution is 2.67. The molecule has 0 aromatic rings. The molecule has 0 amide bonds. The number of carboxylic acids is 1. The first-order valence-corrected chi connectivity index (χ1v) is 5.98. The van der Waals surface area contributed by atoms with Crippen LogP contribution in [0.5, 0.6) is 0 Å². The van der Waals surface area contributed by atoms with Crippen LogP contribution in [-0.4, -0.2) is 21.8 Å². The van der Waals surface area contributed by atoms with Crippen LogP contribution in [0.1, 0.15) is 53.4 Å². The van der Waals surface area contributed by atoms with E-state index < -0.39 is 17.0 Å². The highest BCUT2D eigenvalue weighted by Gasteiger charge is 2.70. The monoisotopic (exact) mass is 226 g/mol. The number of aliphatic hydroxyl groups is 1. The number of aliphatic carboxylic acids is 1. The first kappa shape index (κ1) is 11.9. The number of carboxylic acid groups (broad SMARTS) is 1. The Kier molecular flexibility index (Phi) is 2.09. The standard InChI is InChI=1S/C13H22O3/c1-10(2)5-12(6-10,9(14)15)13(16)7-11(3,4)8-13/h16H,5-8H2,1-4H3,(H,14,15). The van der Waals surface area contributed by atoms with Crippen molar-refractivity contribution in [2.24, 2.45) is 16.2 Å². The lowest BCUT2D eigenvalue weighted by Gasteiger charge is -2.65. The second-order valence-electron chi connectivity index (χ2n) is 7.45. The Morgan fingerprint density at radius 2 is 1.31 bits per heavy atom. The van der Waals surface area contributed by atoms with Crippen molar-refractivity contribution < 1.29 is 15.0 Å². The molecule has 2 rings (SSSR count). The number of hydrogen-bond acceptors (Lipinski definition) is 2. The minimum absolute atomic E-state index is 0.0633. The lowest BCUT2D eigenvalue weighted by Crippen LogP contribution is -2.69. The van der Waals surface area contributed by atoms with Gasteiger partial charge in [-0.2, -0.15) is 0 Å². The van der Waals surface area contributed by atoms with E-state index in [2.05, 4.69) is 27.7 Å². The van der Waals surface area contributed by atoms with Gasteiger partial charge < -0.3 is 10.2 Å². The van der Waals surface area contributed by atoms with Gasteiger partial charge in [0.05, 0.1) is 11.0 Å². The fourth-order valence-electron chi connectivity index (χ4n) is 4.13. The Morgan fingerprint density at radius 3 is 1.56 bits per heavy atom. The number of rotatable bonds is 2. The molecule has 0 heterocycles. The van der Waals surface area contributed by atoms with E-state index in [9.17, 15) is 15.0 Å². The van der Waals surface area contributed by atoms with Crippen molar-refractivity contribution in [2.45, 2.75) is 59.0 Å². The molecule has 2 aliphatic rings. The van der Waals surface area contributed by atoms with Crippen molar-refractivity contribution in [1.82, 2.24) is 0 Å². The molecular formula is C13H22O3. The molecule has 16 heavy (non-hydrogen) atoms. The summed E-state index contributed by atoms with van der Waals surface area (Å²) in [5.41, 5.74) is -1.70. The first-order valence-electron chi connectivity index (χ1n) is 5.98. The highest BCUT2D eigenvalue weighted by atomic mass is 16.4. The highest BCUT2D eigenvalue weighted by molar-refractivity contribution is 5.78. The van der Waals surface area contributed by atoms with Gasteiger partial charge in [-0.25, -0.2) is 0 Å². The van der Waals surface area contributed by atoms with E-state index in [-0.39, 0.29) is 10.8 Å². The Balaban J connectivity index is 2.21. The summed E-state index contributed by atoms with van der Waals surface area (Å²) in [4.78, 5) is 11.5. The molecular weight excluding hydrogens is 204 g/mol. The molecule has 0 bridgehead atoms. The summed E-state index contributed by atoms with van der Waals surface area (Å²) in [5.74, 6) is -0.815. The number of carbonyl (C=O) groups is 1. The van der Waals surface area contributed by atoms with Crippen LogP contribution in [-0.2, 0) is 4.79 Å². The minimum atomic E-state index is -0.974. The molecule has 3 heteroatoms. The maximum Gasteiger partial charge on any atom is 0.312 e. The summed E-state index contributed by atoms with van der Waals surface area (Å²) < 4.78 is 0. The number of hydrogen-bond donors (Lipinski definition) is 2. The zero-order valence-corrected chi connectivity index (χ0v) is 10.6. The van der Waals surface area contributed by atoms with Crippen LogP contribution in [0.3, 0.4) is 0 Å². The molecule has 0 aromatic carbocycles. The van der Waals surface area contributed by atoms with Crippen molar-refractivity contribution in [1.29, 1.82) is 0 Å². The fourth-order valence-corrected chi connectivity index (χ4v) is 4.13. The van der Waals surface area contributed by atoms with Gasteiger partial charge >= 0.3 is 5.97 Å². The molecule has 2 fully saturated rings. The molecule has 0 saturated heterocycles. The van der Waals surface area contributed by atoms with E-state index in [1.54, 1.807) is 0 Å². The summed E-state index contributed by atoms with van der Waals surface area (Å²) in [7, 11) is 0. The Bertz CT molecular complexity index is 325. The van der Waals surface area contributed by atoms with Gasteiger partial charge in [-0.05, 0) is 36.5 Å². The van der Waals surface area contributed by atoms with Gasteiger partial charge in [0.15, 0.2) is 0 Å². The van der Waals surface area contributed by atoms with Gasteiger partial charge in [-0.1, -0.05) is 27.7 Å². The third-order valence-electron chi connectivity index (χ3n) is 4.40. The summed E-state index contributed by atoms with van der Waals surface area (Å²) in [6.07, 6.45) is 2.43. The van der Waals surface area contributed by atoms with Gasteiger partial charge in [-0.3, -0.25) is 4.79 Å². The molecule has 92 valence electrons. The topological polar surface area (TPSA) is 57.5 Å². The minimum Gasteiger partial charge on any atom is -0.481 e. The Hall–Kier alpha value is -0.570. The lowest BCUT2D eigenvalue weighted by atomic mass is 9.40. The van der Waals surface area contributed by atoms with Crippen molar-refractivity contribution >= 4 is 5.97 Å². The zero-order chi connectivity index (χ0) is 12.4.